The van der Waals surface area contributed by atoms with Crippen LogP contribution in [-0.4, -0.2) is 47.9 Å². The number of phenols is 1. The second kappa shape index (κ2) is 9.00. The third-order valence-electron chi connectivity index (χ3n) is 5.10. The molecule has 0 spiro atoms. The molecule has 1 atom stereocenters. The lowest BCUT2D eigenvalue weighted by Gasteiger charge is -2.14. The molecule has 29 heavy (non-hydrogen) atoms. The average Bonchev–Trinajstić information content (AvgIpc) is 3.31. The number of hydrogen-bond donors (Lipinski definition) is 1. The smallest absolute Gasteiger partial charge is 0.338 e. The molecule has 1 aromatic carbocycles. The van der Waals surface area contributed by atoms with Gasteiger partial charge in [-0.2, -0.15) is 0 Å². The number of hydrogen-bond acceptors (Lipinski definition) is 6. The molecule has 7 nitrogen and oxygen atoms in total. The molecule has 2 aromatic rings. The Morgan fingerprint density at radius 3 is 2.72 bits per heavy atom. The molecule has 1 N–H and O–H groups in total. The summed E-state index contributed by atoms with van der Waals surface area (Å²) in [7, 11) is 1.38. The molecule has 0 unspecified atom stereocenters. The van der Waals surface area contributed by atoms with E-state index in [0.29, 0.717) is 16.6 Å². The second-order valence-electron chi connectivity index (χ2n) is 7.04. The Kier molecular flexibility index (Phi) is 6.64. The van der Waals surface area contributed by atoms with Crippen molar-refractivity contribution in [2.45, 2.75) is 39.3 Å². The number of Topliss-reactive ketones (excluding diaryl/α,β-unsaturated/α-hetero) is 1. The molecule has 1 fully saturated rings. The number of nitrogens with zero attached hydrogens (tertiary/aromatic N) is 1. The third-order valence-corrected chi connectivity index (χ3v) is 5.71. The molecule has 3 rings (SSSR count). The maximum absolute atomic E-state index is 12.7. The van der Waals surface area contributed by atoms with E-state index in [1.165, 1.54) is 19.2 Å². The van der Waals surface area contributed by atoms with Crippen molar-refractivity contribution in [2.24, 2.45) is 0 Å². The number of aromatic nitrogens is 1. The minimum absolute atomic E-state index is 0.112. The molecule has 1 saturated heterocycles. The van der Waals surface area contributed by atoms with Crippen LogP contribution in [0.25, 0.3) is 0 Å². The minimum Gasteiger partial charge on any atom is -0.503 e. The Balaban J connectivity index is 1.68. The standard InChI is InChI=1S/C21H24BrNO6/c1-12-7-16(13(2)23(12)10-15-5-4-6-28-15)18(24)11-29-21(26)14-8-17(22)20(25)19(9-14)27-3/h7-9,15,25H,4-6,10-11H2,1-3H3/t15-/m1/s1. The highest BCUT2D eigenvalue weighted by Gasteiger charge is 2.22. The van der Waals surface area contributed by atoms with Gasteiger partial charge in [0, 0.05) is 30.1 Å². The van der Waals surface area contributed by atoms with E-state index in [-0.39, 0.29) is 35.6 Å². The zero-order valence-electron chi connectivity index (χ0n) is 16.7. The fourth-order valence-electron chi connectivity index (χ4n) is 3.50. The number of aryl methyl sites for hydroxylation is 1. The highest BCUT2D eigenvalue weighted by molar-refractivity contribution is 9.10. The Hall–Kier alpha value is -2.32. The van der Waals surface area contributed by atoms with Gasteiger partial charge >= 0.3 is 5.97 Å². The first-order valence-electron chi connectivity index (χ1n) is 9.37. The van der Waals surface area contributed by atoms with Crippen LogP contribution in [0.1, 0.15) is 44.9 Å². The van der Waals surface area contributed by atoms with Crippen LogP contribution in [0.3, 0.4) is 0 Å². The number of carbonyl (C=O) groups excluding carboxylic acids is 2. The number of methoxy groups -OCH3 is 1. The number of ketones is 1. The molecule has 0 aliphatic carbocycles. The molecular weight excluding hydrogens is 442 g/mol. The number of benzene rings is 1. The van der Waals surface area contributed by atoms with Crippen LogP contribution in [0.2, 0.25) is 0 Å². The summed E-state index contributed by atoms with van der Waals surface area (Å²) >= 11 is 3.16. The zero-order valence-corrected chi connectivity index (χ0v) is 18.2. The molecule has 0 bridgehead atoms. The maximum atomic E-state index is 12.7. The number of aromatic hydroxyl groups is 1. The summed E-state index contributed by atoms with van der Waals surface area (Å²) in [5.41, 5.74) is 2.52. The second-order valence-corrected chi connectivity index (χ2v) is 7.89. The Morgan fingerprint density at radius 1 is 1.31 bits per heavy atom. The van der Waals surface area contributed by atoms with E-state index in [0.717, 1.165) is 30.8 Å². The van der Waals surface area contributed by atoms with Gasteiger partial charge in [0.1, 0.15) is 0 Å². The van der Waals surface area contributed by atoms with Crippen LogP contribution in [0.4, 0.5) is 0 Å². The van der Waals surface area contributed by atoms with Crippen LogP contribution >= 0.6 is 15.9 Å². The summed E-state index contributed by atoms with van der Waals surface area (Å²) in [6, 6.07) is 4.60. The van der Waals surface area contributed by atoms with E-state index in [4.69, 9.17) is 14.2 Å². The summed E-state index contributed by atoms with van der Waals surface area (Å²) < 4.78 is 18.3. The van der Waals surface area contributed by atoms with Gasteiger partial charge in [0.05, 0.1) is 23.2 Å². The highest BCUT2D eigenvalue weighted by atomic mass is 79.9. The first-order valence-corrected chi connectivity index (χ1v) is 10.2. The van der Waals surface area contributed by atoms with Gasteiger partial charge in [-0.05, 0) is 60.8 Å². The summed E-state index contributed by atoms with van der Waals surface area (Å²) in [4.78, 5) is 25.0. The van der Waals surface area contributed by atoms with Gasteiger partial charge in [-0.15, -0.1) is 0 Å². The van der Waals surface area contributed by atoms with Crippen molar-refractivity contribution in [3.8, 4) is 11.5 Å². The number of carbonyl (C=O) groups is 2. The summed E-state index contributed by atoms with van der Waals surface area (Å²) in [5, 5.41) is 9.84. The quantitative estimate of drug-likeness (QED) is 0.494. The third kappa shape index (κ3) is 4.64. The molecule has 0 amide bonds. The van der Waals surface area contributed by atoms with Crippen LogP contribution in [0.15, 0.2) is 22.7 Å². The Morgan fingerprint density at radius 2 is 2.07 bits per heavy atom. The normalized spacial score (nSPS) is 16.1. The predicted molar refractivity (Wildman–Crippen MR) is 110 cm³/mol. The predicted octanol–water partition coefficient (Wildman–Crippen LogP) is 3.80. The van der Waals surface area contributed by atoms with E-state index in [1.54, 1.807) is 0 Å². The first-order chi connectivity index (χ1) is 13.8. The lowest BCUT2D eigenvalue weighted by atomic mass is 10.1. The molecule has 156 valence electrons. The monoisotopic (exact) mass is 465 g/mol. The van der Waals surface area contributed by atoms with Gasteiger partial charge in [0.25, 0.3) is 0 Å². The van der Waals surface area contributed by atoms with E-state index in [2.05, 4.69) is 20.5 Å². The van der Waals surface area contributed by atoms with Crippen LogP contribution in [-0.2, 0) is 16.0 Å². The average molecular weight is 466 g/mol. The fourth-order valence-corrected chi connectivity index (χ4v) is 3.94. The lowest BCUT2D eigenvalue weighted by molar-refractivity contribution is 0.0474. The first kappa shape index (κ1) is 21.4. The number of halogens is 1. The van der Waals surface area contributed by atoms with Crippen molar-refractivity contribution in [3.63, 3.8) is 0 Å². The van der Waals surface area contributed by atoms with E-state index in [1.807, 2.05) is 19.9 Å². The summed E-state index contributed by atoms with van der Waals surface area (Å²) in [6.07, 6.45) is 2.25. The van der Waals surface area contributed by atoms with Crippen LogP contribution < -0.4 is 4.74 Å². The zero-order chi connectivity index (χ0) is 21.1. The SMILES string of the molecule is COc1cc(C(=O)OCC(=O)c2cc(C)n(C[C@H]3CCCO3)c2C)cc(Br)c1O. The Labute approximate surface area is 177 Å². The van der Waals surface area contributed by atoms with Gasteiger partial charge in [0.15, 0.2) is 18.1 Å². The van der Waals surface area contributed by atoms with Crippen LogP contribution in [0, 0.1) is 13.8 Å². The van der Waals surface area contributed by atoms with Gasteiger partial charge in [0.2, 0.25) is 5.78 Å². The van der Waals surface area contributed by atoms with Gasteiger partial charge < -0.3 is 23.9 Å². The van der Waals surface area contributed by atoms with Crippen molar-refractivity contribution < 1.29 is 28.9 Å². The molecule has 1 aliphatic heterocycles. The summed E-state index contributed by atoms with van der Waals surface area (Å²) in [6.45, 7) is 4.96. The highest BCUT2D eigenvalue weighted by Crippen LogP contribution is 2.35. The largest absolute Gasteiger partial charge is 0.503 e. The number of esters is 1. The summed E-state index contributed by atoms with van der Waals surface area (Å²) in [5.74, 6) is -0.922. The fraction of sp³-hybridized carbons (Fsp3) is 0.429. The van der Waals surface area contributed by atoms with Crippen molar-refractivity contribution in [3.05, 3.63) is 45.2 Å². The van der Waals surface area contributed by atoms with E-state index in [9.17, 15) is 14.7 Å². The molecule has 0 saturated carbocycles. The topological polar surface area (TPSA) is 87.0 Å². The Bertz CT molecular complexity index is 930. The number of rotatable bonds is 7. The van der Waals surface area contributed by atoms with Crippen molar-refractivity contribution in [1.82, 2.24) is 4.57 Å². The van der Waals surface area contributed by atoms with E-state index >= 15 is 0 Å². The molecule has 8 heteroatoms. The minimum atomic E-state index is -0.675. The van der Waals surface area contributed by atoms with Gasteiger partial charge in [-0.1, -0.05) is 0 Å². The van der Waals surface area contributed by atoms with Crippen molar-refractivity contribution in [2.75, 3.05) is 20.3 Å². The number of ether oxygens (including phenoxy) is 3. The van der Waals surface area contributed by atoms with E-state index < -0.39 is 5.97 Å². The van der Waals surface area contributed by atoms with Crippen LogP contribution in [0.5, 0.6) is 11.5 Å². The van der Waals surface area contributed by atoms with Crippen molar-refractivity contribution >= 4 is 27.7 Å². The molecule has 1 aliphatic rings. The molecule has 1 aromatic heterocycles. The van der Waals surface area contributed by atoms with Gasteiger partial charge in [-0.3, -0.25) is 4.79 Å². The molecule has 0 radical (unpaired) electrons. The number of phenolic OH excluding ortho intramolecular Hbond substituents is 1. The van der Waals surface area contributed by atoms with Gasteiger partial charge in [-0.25, -0.2) is 4.79 Å². The molecule has 2 heterocycles. The molecular formula is C21H24BrNO6. The maximum Gasteiger partial charge on any atom is 0.338 e. The lowest BCUT2D eigenvalue weighted by Crippen LogP contribution is -2.18. The van der Waals surface area contributed by atoms with Crippen molar-refractivity contribution in [1.29, 1.82) is 0 Å².